The summed E-state index contributed by atoms with van der Waals surface area (Å²) >= 11 is 0. The monoisotopic (exact) mass is 271 g/mol. The molecule has 0 radical (unpaired) electrons. The first-order valence-corrected chi connectivity index (χ1v) is 6.20. The molecule has 3 rings (SSSR count). The second-order valence-corrected chi connectivity index (χ2v) is 4.74. The van der Waals surface area contributed by atoms with Gasteiger partial charge in [-0.05, 0) is 12.5 Å². The van der Waals surface area contributed by atoms with E-state index in [1.54, 1.807) is 13.0 Å². The van der Waals surface area contributed by atoms with Gasteiger partial charge in [-0.2, -0.15) is 0 Å². The second kappa shape index (κ2) is 4.80. The van der Waals surface area contributed by atoms with Gasteiger partial charge < -0.3 is 14.7 Å². The van der Waals surface area contributed by atoms with Gasteiger partial charge in [-0.3, -0.25) is 4.79 Å². The van der Waals surface area contributed by atoms with Crippen LogP contribution in [0, 0.1) is 0 Å². The van der Waals surface area contributed by atoms with Crippen LogP contribution < -0.4 is 5.32 Å². The lowest BCUT2D eigenvalue weighted by Gasteiger charge is -2.19. The minimum Gasteiger partial charge on any atom is -0.379 e. The quantitative estimate of drug-likeness (QED) is 0.928. The molecule has 0 spiro atoms. The van der Waals surface area contributed by atoms with Crippen LogP contribution in [0.3, 0.4) is 0 Å². The molecule has 1 aromatic carbocycles. The molecule has 1 aliphatic heterocycles. The molecule has 0 bridgehead atoms. The lowest BCUT2D eigenvalue weighted by Crippen LogP contribution is -2.40. The topological polar surface area (TPSA) is 76.7 Å². The molecule has 1 aliphatic rings. The van der Waals surface area contributed by atoms with Crippen molar-refractivity contribution in [2.45, 2.75) is 18.9 Å². The third kappa shape index (κ3) is 2.27. The summed E-state index contributed by atoms with van der Waals surface area (Å²) in [6, 6.07) is 11.2. The van der Waals surface area contributed by atoms with Crippen LogP contribution in [-0.4, -0.2) is 22.4 Å². The molecule has 0 aliphatic carbocycles. The molecule has 1 amide bonds. The van der Waals surface area contributed by atoms with Crippen molar-refractivity contribution in [2.75, 3.05) is 5.32 Å². The Labute approximate surface area is 115 Å². The molecule has 1 aromatic heterocycles. The normalized spacial score (nSPS) is 21.1. The molecular formula is C14H13N3O3. The number of amides is 1. The Morgan fingerprint density at radius 2 is 2.10 bits per heavy atom. The molecular weight excluding hydrogens is 258 g/mol. The van der Waals surface area contributed by atoms with E-state index in [1.807, 2.05) is 30.3 Å². The van der Waals surface area contributed by atoms with Crippen LogP contribution in [0.25, 0.3) is 0 Å². The molecule has 0 saturated heterocycles. The van der Waals surface area contributed by atoms with Gasteiger partial charge in [0.05, 0.1) is 5.71 Å². The van der Waals surface area contributed by atoms with Gasteiger partial charge in [-0.1, -0.05) is 40.6 Å². The number of anilines is 1. The maximum atomic E-state index is 12.2. The Balaban J connectivity index is 1.72. The van der Waals surface area contributed by atoms with Crippen LogP contribution in [0.4, 0.5) is 5.82 Å². The summed E-state index contributed by atoms with van der Waals surface area (Å²) in [5.41, 5.74) is 0.665. The molecule has 1 unspecified atom stereocenters. The van der Waals surface area contributed by atoms with Crippen molar-refractivity contribution in [3.8, 4) is 0 Å². The third-order valence-electron chi connectivity index (χ3n) is 3.13. The Morgan fingerprint density at radius 1 is 1.30 bits per heavy atom. The van der Waals surface area contributed by atoms with Gasteiger partial charge in [0, 0.05) is 12.5 Å². The van der Waals surface area contributed by atoms with Crippen molar-refractivity contribution in [2.24, 2.45) is 5.16 Å². The number of benzene rings is 1. The summed E-state index contributed by atoms with van der Waals surface area (Å²) in [5.74, 6) is 0.0501. The highest BCUT2D eigenvalue weighted by Crippen LogP contribution is 2.27. The van der Waals surface area contributed by atoms with Crippen molar-refractivity contribution < 1.29 is 14.2 Å². The molecule has 1 N–H and O–H groups in total. The summed E-state index contributed by atoms with van der Waals surface area (Å²) in [7, 11) is 0. The van der Waals surface area contributed by atoms with Crippen LogP contribution in [0.1, 0.15) is 18.9 Å². The smallest absolute Gasteiger partial charge is 0.272 e. The van der Waals surface area contributed by atoms with E-state index in [-0.39, 0.29) is 5.91 Å². The van der Waals surface area contributed by atoms with E-state index < -0.39 is 5.60 Å². The number of hydrogen-bond acceptors (Lipinski definition) is 5. The number of aromatic nitrogens is 1. The van der Waals surface area contributed by atoms with Gasteiger partial charge in [-0.15, -0.1) is 0 Å². The van der Waals surface area contributed by atoms with E-state index in [4.69, 9.17) is 4.84 Å². The van der Waals surface area contributed by atoms with Gasteiger partial charge in [0.25, 0.3) is 5.91 Å². The van der Waals surface area contributed by atoms with Crippen LogP contribution in [0.2, 0.25) is 0 Å². The first-order chi connectivity index (χ1) is 9.67. The van der Waals surface area contributed by atoms with Gasteiger partial charge in [0.1, 0.15) is 6.26 Å². The van der Waals surface area contributed by atoms with Crippen LogP contribution in [0.15, 0.2) is 52.3 Å². The number of carbonyl (C=O) groups excluding carboxylic acids is 1. The highest BCUT2D eigenvalue weighted by atomic mass is 16.7. The van der Waals surface area contributed by atoms with Crippen molar-refractivity contribution in [1.29, 1.82) is 0 Å². The van der Waals surface area contributed by atoms with E-state index in [9.17, 15) is 4.79 Å². The van der Waals surface area contributed by atoms with E-state index in [0.29, 0.717) is 12.2 Å². The summed E-state index contributed by atoms with van der Waals surface area (Å²) < 4.78 is 4.67. The first kappa shape index (κ1) is 12.4. The summed E-state index contributed by atoms with van der Waals surface area (Å²) in [6.07, 6.45) is 1.79. The minimum absolute atomic E-state index is 0.305. The Morgan fingerprint density at radius 3 is 2.80 bits per heavy atom. The fourth-order valence-corrected chi connectivity index (χ4v) is 1.97. The average Bonchev–Trinajstić information content (AvgIpc) is 3.10. The highest BCUT2D eigenvalue weighted by Gasteiger charge is 2.42. The number of nitrogens with zero attached hydrogens (tertiary/aromatic N) is 2. The Hall–Kier alpha value is -2.63. The van der Waals surface area contributed by atoms with E-state index in [2.05, 4.69) is 20.2 Å². The maximum absolute atomic E-state index is 12.2. The standard InChI is InChI=1S/C14H13N3O3/c1-14(13(18)15-12-7-8-19-17-12)9-11(16-20-14)10-5-3-2-4-6-10/h2-8H,9H2,1H3,(H,15,17,18). The zero-order valence-corrected chi connectivity index (χ0v) is 10.9. The number of carbonyl (C=O) groups is 1. The fourth-order valence-electron chi connectivity index (χ4n) is 1.97. The molecule has 2 aromatic rings. The predicted octanol–water partition coefficient (Wildman–Crippen LogP) is 2.20. The first-order valence-electron chi connectivity index (χ1n) is 6.20. The fraction of sp³-hybridized carbons (Fsp3) is 0.214. The minimum atomic E-state index is -1.04. The number of rotatable bonds is 3. The highest BCUT2D eigenvalue weighted by molar-refractivity contribution is 6.07. The van der Waals surface area contributed by atoms with Crippen molar-refractivity contribution in [1.82, 2.24) is 5.16 Å². The van der Waals surface area contributed by atoms with Crippen molar-refractivity contribution >= 4 is 17.4 Å². The SMILES string of the molecule is CC1(C(=O)Nc2ccon2)CC(c2ccccc2)=NO1. The van der Waals surface area contributed by atoms with Crippen LogP contribution in [-0.2, 0) is 9.63 Å². The molecule has 20 heavy (non-hydrogen) atoms. The summed E-state index contributed by atoms with van der Waals surface area (Å²) in [4.78, 5) is 17.6. The lowest BCUT2D eigenvalue weighted by molar-refractivity contribution is -0.136. The predicted molar refractivity (Wildman–Crippen MR) is 72.2 cm³/mol. The van der Waals surface area contributed by atoms with Gasteiger partial charge in [0.2, 0.25) is 5.60 Å². The average molecular weight is 271 g/mol. The molecule has 6 nitrogen and oxygen atoms in total. The molecule has 6 heteroatoms. The molecule has 2 heterocycles. The zero-order valence-electron chi connectivity index (χ0n) is 10.9. The van der Waals surface area contributed by atoms with Crippen LogP contribution >= 0.6 is 0 Å². The number of hydrogen-bond donors (Lipinski definition) is 1. The lowest BCUT2D eigenvalue weighted by atomic mass is 9.95. The van der Waals surface area contributed by atoms with Crippen molar-refractivity contribution in [3.05, 3.63) is 48.2 Å². The molecule has 1 atom stereocenters. The van der Waals surface area contributed by atoms with E-state index in [1.165, 1.54) is 6.26 Å². The zero-order chi connectivity index (χ0) is 14.0. The largest absolute Gasteiger partial charge is 0.379 e. The summed E-state index contributed by atoms with van der Waals surface area (Å²) in [5, 5.41) is 10.3. The van der Waals surface area contributed by atoms with Crippen LogP contribution in [0.5, 0.6) is 0 Å². The maximum Gasteiger partial charge on any atom is 0.272 e. The number of oxime groups is 1. The molecule has 0 fully saturated rings. The van der Waals surface area contributed by atoms with Gasteiger partial charge >= 0.3 is 0 Å². The number of nitrogens with one attached hydrogen (secondary N) is 1. The van der Waals surface area contributed by atoms with E-state index >= 15 is 0 Å². The Bertz CT molecular complexity index is 637. The van der Waals surface area contributed by atoms with E-state index in [0.717, 1.165) is 11.3 Å². The van der Waals surface area contributed by atoms with Crippen molar-refractivity contribution in [3.63, 3.8) is 0 Å². The Kier molecular flexibility index (Phi) is 2.98. The molecule has 0 saturated carbocycles. The summed E-state index contributed by atoms with van der Waals surface area (Å²) in [6.45, 7) is 1.70. The second-order valence-electron chi connectivity index (χ2n) is 4.74. The van der Waals surface area contributed by atoms with Gasteiger partial charge in [0.15, 0.2) is 5.82 Å². The molecule has 102 valence electrons. The van der Waals surface area contributed by atoms with Gasteiger partial charge in [-0.25, -0.2) is 0 Å². The third-order valence-corrected chi connectivity index (χ3v) is 3.13.